The molecular formula is C24H29NO7. The van der Waals surface area contributed by atoms with Crippen molar-refractivity contribution in [2.24, 2.45) is 0 Å². The van der Waals surface area contributed by atoms with Crippen LogP contribution in [0.25, 0.3) is 0 Å². The van der Waals surface area contributed by atoms with E-state index in [9.17, 15) is 9.59 Å². The van der Waals surface area contributed by atoms with Gasteiger partial charge in [-0.2, -0.15) is 0 Å². The average Bonchev–Trinajstić information content (AvgIpc) is 2.81. The van der Waals surface area contributed by atoms with Crippen LogP contribution in [0.4, 0.5) is 4.79 Å². The first-order valence-corrected chi connectivity index (χ1v) is 10.6. The van der Waals surface area contributed by atoms with Crippen molar-refractivity contribution in [3.63, 3.8) is 0 Å². The molecule has 0 unspecified atom stereocenters. The molecule has 1 aliphatic rings. The van der Waals surface area contributed by atoms with Crippen LogP contribution in [-0.2, 0) is 30.3 Å². The molecule has 0 radical (unpaired) electrons. The second kappa shape index (κ2) is 11.6. The van der Waals surface area contributed by atoms with E-state index >= 15 is 0 Å². The molecule has 1 aliphatic heterocycles. The van der Waals surface area contributed by atoms with Crippen LogP contribution >= 0.6 is 0 Å². The number of hydrogen-bond acceptors (Lipinski definition) is 7. The Morgan fingerprint density at radius 2 is 1.66 bits per heavy atom. The summed E-state index contributed by atoms with van der Waals surface area (Å²) >= 11 is 0. The van der Waals surface area contributed by atoms with E-state index in [1.54, 1.807) is 38.1 Å². The van der Waals surface area contributed by atoms with Gasteiger partial charge in [0.2, 0.25) is 0 Å². The second-order valence-electron chi connectivity index (χ2n) is 7.33. The summed E-state index contributed by atoms with van der Waals surface area (Å²) in [6.45, 7) is 3.92. The maximum absolute atomic E-state index is 12.9. The summed E-state index contributed by atoms with van der Waals surface area (Å²) in [5.41, 5.74) is 1.32. The molecule has 1 N–H and O–H groups in total. The summed E-state index contributed by atoms with van der Waals surface area (Å²) in [5.74, 6) is -0.538. The number of rotatable bonds is 8. The number of alkyl carbamates (subject to hydrolysis) is 1. The number of benzene rings is 2. The van der Waals surface area contributed by atoms with E-state index in [0.29, 0.717) is 5.56 Å². The van der Waals surface area contributed by atoms with Gasteiger partial charge in [-0.05, 0) is 31.5 Å². The van der Waals surface area contributed by atoms with Crippen LogP contribution in [0.2, 0.25) is 0 Å². The van der Waals surface area contributed by atoms with Crippen LogP contribution in [-0.4, -0.2) is 56.4 Å². The highest BCUT2D eigenvalue weighted by atomic mass is 16.7. The normalized spacial score (nSPS) is 25.0. The highest BCUT2D eigenvalue weighted by Crippen LogP contribution is 2.28. The molecule has 8 nitrogen and oxygen atoms in total. The van der Waals surface area contributed by atoms with Crippen LogP contribution in [0.3, 0.4) is 0 Å². The van der Waals surface area contributed by atoms with E-state index in [4.69, 9.17) is 23.7 Å². The first-order valence-electron chi connectivity index (χ1n) is 10.6. The van der Waals surface area contributed by atoms with Crippen molar-refractivity contribution in [3.8, 4) is 0 Å². The third-order valence-corrected chi connectivity index (χ3v) is 5.13. The van der Waals surface area contributed by atoms with Gasteiger partial charge in [-0.15, -0.1) is 0 Å². The van der Waals surface area contributed by atoms with E-state index < -0.39 is 42.7 Å². The van der Waals surface area contributed by atoms with E-state index in [-0.39, 0.29) is 13.2 Å². The molecule has 2 aromatic rings. The number of ether oxygens (including phenoxy) is 5. The summed E-state index contributed by atoms with van der Waals surface area (Å²) in [5, 5.41) is 2.75. The lowest BCUT2D eigenvalue weighted by Gasteiger charge is -2.44. The molecule has 0 saturated carbocycles. The topological polar surface area (TPSA) is 92.3 Å². The smallest absolute Gasteiger partial charge is 0.407 e. The fraction of sp³-hybridized carbons (Fsp3) is 0.417. The average molecular weight is 443 g/mol. The van der Waals surface area contributed by atoms with Crippen molar-refractivity contribution in [2.45, 2.75) is 51.1 Å². The molecule has 32 heavy (non-hydrogen) atoms. The number of hydrogen-bond donors (Lipinski definition) is 1. The number of esters is 1. The Balaban J connectivity index is 1.86. The Kier molecular flexibility index (Phi) is 8.61. The first-order chi connectivity index (χ1) is 15.5. The zero-order valence-corrected chi connectivity index (χ0v) is 18.4. The van der Waals surface area contributed by atoms with Gasteiger partial charge in [-0.3, -0.25) is 0 Å². The highest BCUT2D eigenvalue weighted by molar-refractivity contribution is 5.89. The monoisotopic (exact) mass is 443 g/mol. The van der Waals surface area contributed by atoms with Crippen molar-refractivity contribution >= 4 is 12.1 Å². The number of methoxy groups -OCH3 is 1. The number of nitrogens with one attached hydrogen (secondary N) is 1. The minimum Gasteiger partial charge on any atom is -0.453 e. The Hall–Kier alpha value is -2.94. The van der Waals surface area contributed by atoms with Gasteiger partial charge in [-0.1, -0.05) is 48.5 Å². The lowest BCUT2D eigenvalue weighted by Crippen LogP contribution is -2.64. The van der Waals surface area contributed by atoms with Gasteiger partial charge in [0.15, 0.2) is 12.4 Å². The Morgan fingerprint density at radius 1 is 1.00 bits per heavy atom. The van der Waals surface area contributed by atoms with Crippen molar-refractivity contribution in [2.75, 3.05) is 13.7 Å². The van der Waals surface area contributed by atoms with Crippen LogP contribution in [0.1, 0.15) is 29.8 Å². The molecule has 8 heteroatoms. The third-order valence-electron chi connectivity index (χ3n) is 5.13. The molecule has 0 aromatic heterocycles. The summed E-state index contributed by atoms with van der Waals surface area (Å²) in [6, 6.07) is 17.5. The first kappa shape index (κ1) is 23.7. The summed E-state index contributed by atoms with van der Waals surface area (Å²) in [4.78, 5) is 25.1. The molecule has 1 saturated heterocycles. The SMILES string of the molecule is CCOC(=O)N[C@@H]1[C@H](OC(=O)c2ccccc2)[C@@H](OCc2ccccc2)[C@@H](OC)O[C@@H]1C. The second-order valence-corrected chi connectivity index (χ2v) is 7.33. The maximum atomic E-state index is 12.9. The lowest BCUT2D eigenvalue weighted by molar-refractivity contribution is -0.276. The molecule has 5 atom stereocenters. The van der Waals surface area contributed by atoms with Crippen molar-refractivity contribution in [3.05, 3.63) is 71.8 Å². The van der Waals surface area contributed by atoms with Gasteiger partial charge in [0.25, 0.3) is 0 Å². The molecule has 3 rings (SSSR count). The number of carbonyl (C=O) groups excluding carboxylic acids is 2. The van der Waals surface area contributed by atoms with E-state index in [0.717, 1.165) is 5.56 Å². The van der Waals surface area contributed by atoms with Crippen LogP contribution in [0.5, 0.6) is 0 Å². The van der Waals surface area contributed by atoms with Crippen molar-refractivity contribution in [1.29, 1.82) is 0 Å². The largest absolute Gasteiger partial charge is 0.453 e. The Morgan fingerprint density at radius 3 is 2.28 bits per heavy atom. The Bertz CT molecular complexity index is 861. The minimum atomic E-state index is -0.885. The highest BCUT2D eigenvalue weighted by Gasteiger charge is 2.48. The zero-order chi connectivity index (χ0) is 22.9. The van der Waals surface area contributed by atoms with Gasteiger partial charge >= 0.3 is 12.1 Å². The maximum Gasteiger partial charge on any atom is 0.407 e. The summed E-state index contributed by atoms with van der Waals surface area (Å²) in [7, 11) is 1.49. The zero-order valence-electron chi connectivity index (χ0n) is 18.4. The van der Waals surface area contributed by atoms with Gasteiger partial charge in [0, 0.05) is 7.11 Å². The molecule has 1 fully saturated rings. The standard InChI is InChI=1S/C24H29NO7/c1-4-29-24(27)25-19-16(2)31-23(28-3)21(30-15-17-11-7-5-8-12-17)20(19)32-22(26)18-13-9-6-10-14-18/h5-14,16,19-21,23H,4,15H2,1-3H3,(H,25,27)/t16-,19+,20+,21-,23+/m1/s1. The molecule has 1 heterocycles. The third kappa shape index (κ3) is 6.06. The quantitative estimate of drug-likeness (QED) is 0.626. The van der Waals surface area contributed by atoms with Gasteiger partial charge in [0.05, 0.1) is 30.9 Å². The molecular weight excluding hydrogens is 414 g/mol. The van der Waals surface area contributed by atoms with Crippen molar-refractivity contribution in [1.82, 2.24) is 5.32 Å². The molecule has 0 spiro atoms. The van der Waals surface area contributed by atoms with Gasteiger partial charge in [-0.25, -0.2) is 9.59 Å². The molecule has 172 valence electrons. The van der Waals surface area contributed by atoms with Crippen LogP contribution in [0, 0.1) is 0 Å². The number of carbonyl (C=O) groups is 2. The lowest BCUT2D eigenvalue weighted by atomic mass is 9.96. The molecule has 0 bridgehead atoms. The predicted octanol–water partition coefficient (Wildman–Crippen LogP) is 3.30. The van der Waals surface area contributed by atoms with Crippen LogP contribution in [0.15, 0.2) is 60.7 Å². The summed E-state index contributed by atoms with van der Waals surface area (Å²) < 4.78 is 28.5. The minimum absolute atomic E-state index is 0.205. The van der Waals surface area contributed by atoms with Crippen LogP contribution < -0.4 is 5.32 Å². The molecule has 1 amide bonds. The molecule has 0 aliphatic carbocycles. The summed E-state index contributed by atoms with van der Waals surface area (Å²) in [6.07, 6.45) is -3.65. The van der Waals surface area contributed by atoms with E-state index in [1.165, 1.54) is 7.11 Å². The van der Waals surface area contributed by atoms with E-state index in [1.807, 2.05) is 36.4 Å². The predicted molar refractivity (Wildman–Crippen MR) is 116 cm³/mol. The van der Waals surface area contributed by atoms with Gasteiger partial charge < -0.3 is 29.0 Å². The van der Waals surface area contributed by atoms with Gasteiger partial charge in [0.1, 0.15) is 6.10 Å². The number of amides is 1. The van der Waals surface area contributed by atoms with E-state index in [2.05, 4.69) is 5.32 Å². The fourth-order valence-corrected chi connectivity index (χ4v) is 3.54. The Labute approximate surface area is 187 Å². The van der Waals surface area contributed by atoms with Crippen molar-refractivity contribution < 1.29 is 33.3 Å². The molecule has 2 aromatic carbocycles. The fourth-order valence-electron chi connectivity index (χ4n) is 3.54.